The zero-order chi connectivity index (χ0) is 15.5. The van der Waals surface area contributed by atoms with Gasteiger partial charge in [0.2, 0.25) is 0 Å². The Hall–Kier alpha value is -2.05. The number of carbonyl (C=O) groups is 1. The van der Waals surface area contributed by atoms with Gasteiger partial charge in [0, 0.05) is 11.4 Å². The SMILES string of the molecule is CC(=NNC(=O)CNc1cccc(C(F)(F)F)c1)C1CC1. The molecule has 0 bridgehead atoms. The second-order valence-electron chi connectivity index (χ2n) is 4.99. The fraction of sp³-hybridized carbons (Fsp3) is 0.429. The van der Waals surface area contributed by atoms with Gasteiger partial charge in [0.1, 0.15) is 0 Å². The van der Waals surface area contributed by atoms with E-state index in [2.05, 4.69) is 15.8 Å². The molecule has 0 spiro atoms. The molecule has 1 saturated carbocycles. The Kier molecular flexibility index (Phi) is 4.50. The molecule has 7 heteroatoms. The first kappa shape index (κ1) is 15.3. The van der Waals surface area contributed by atoms with E-state index in [4.69, 9.17) is 0 Å². The van der Waals surface area contributed by atoms with Crippen LogP contribution >= 0.6 is 0 Å². The van der Waals surface area contributed by atoms with Crippen LogP contribution in [0.15, 0.2) is 29.4 Å². The fourth-order valence-corrected chi connectivity index (χ4v) is 1.77. The van der Waals surface area contributed by atoms with Gasteiger partial charge in [-0.05, 0) is 43.9 Å². The zero-order valence-corrected chi connectivity index (χ0v) is 11.5. The van der Waals surface area contributed by atoms with E-state index < -0.39 is 17.6 Å². The molecule has 0 radical (unpaired) electrons. The zero-order valence-electron chi connectivity index (χ0n) is 11.5. The summed E-state index contributed by atoms with van der Waals surface area (Å²) in [6.07, 6.45) is -2.22. The lowest BCUT2D eigenvalue weighted by molar-refractivity contribution is -0.137. The number of carbonyl (C=O) groups excluding carboxylic acids is 1. The van der Waals surface area contributed by atoms with Gasteiger partial charge in [0.15, 0.2) is 0 Å². The number of hydrazone groups is 1. The summed E-state index contributed by atoms with van der Waals surface area (Å²) in [7, 11) is 0. The highest BCUT2D eigenvalue weighted by molar-refractivity contribution is 5.88. The number of rotatable bonds is 5. The van der Waals surface area contributed by atoms with Crippen molar-refractivity contribution < 1.29 is 18.0 Å². The van der Waals surface area contributed by atoms with Crippen LogP contribution in [0.5, 0.6) is 0 Å². The van der Waals surface area contributed by atoms with Crippen LogP contribution in [-0.2, 0) is 11.0 Å². The van der Waals surface area contributed by atoms with Crippen molar-refractivity contribution in [3.8, 4) is 0 Å². The van der Waals surface area contributed by atoms with E-state index in [1.807, 2.05) is 6.92 Å². The summed E-state index contributed by atoms with van der Waals surface area (Å²) in [5.41, 5.74) is 2.75. The lowest BCUT2D eigenvalue weighted by Crippen LogP contribution is -2.27. The van der Waals surface area contributed by atoms with Crippen molar-refractivity contribution in [1.29, 1.82) is 0 Å². The van der Waals surface area contributed by atoms with Crippen LogP contribution in [0.1, 0.15) is 25.3 Å². The van der Waals surface area contributed by atoms with Crippen molar-refractivity contribution in [3.05, 3.63) is 29.8 Å². The van der Waals surface area contributed by atoms with Crippen LogP contribution in [0.2, 0.25) is 0 Å². The second kappa shape index (κ2) is 6.15. The summed E-state index contributed by atoms with van der Waals surface area (Å²) in [6, 6.07) is 4.71. The minimum absolute atomic E-state index is 0.136. The molecular weight excluding hydrogens is 283 g/mol. The van der Waals surface area contributed by atoms with E-state index in [9.17, 15) is 18.0 Å². The molecule has 0 heterocycles. The topological polar surface area (TPSA) is 53.5 Å². The van der Waals surface area contributed by atoms with Crippen LogP contribution < -0.4 is 10.7 Å². The van der Waals surface area contributed by atoms with Crippen LogP contribution in [0.4, 0.5) is 18.9 Å². The molecule has 0 unspecified atom stereocenters. The number of anilines is 1. The normalized spacial score (nSPS) is 15.7. The summed E-state index contributed by atoms with van der Waals surface area (Å²) >= 11 is 0. The van der Waals surface area contributed by atoms with Gasteiger partial charge >= 0.3 is 6.18 Å². The van der Waals surface area contributed by atoms with Crippen LogP contribution in [0.25, 0.3) is 0 Å². The Morgan fingerprint density at radius 2 is 2.10 bits per heavy atom. The lowest BCUT2D eigenvalue weighted by atomic mass is 10.2. The van der Waals surface area contributed by atoms with E-state index in [-0.39, 0.29) is 12.2 Å². The first-order chi connectivity index (χ1) is 9.86. The molecule has 1 aromatic carbocycles. The number of benzene rings is 1. The van der Waals surface area contributed by atoms with Crippen LogP contribution in [0, 0.1) is 5.92 Å². The maximum Gasteiger partial charge on any atom is 0.416 e. The van der Waals surface area contributed by atoms with Crippen molar-refractivity contribution in [1.82, 2.24) is 5.43 Å². The van der Waals surface area contributed by atoms with E-state index >= 15 is 0 Å². The number of halogens is 3. The van der Waals surface area contributed by atoms with E-state index in [1.54, 1.807) is 0 Å². The quantitative estimate of drug-likeness (QED) is 0.648. The van der Waals surface area contributed by atoms with Crippen LogP contribution in [0.3, 0.4) is 0 Å². The molecule has 0 aliphatic heterocycles. The maximum atomic E-state index is 12.5. The summed E-state index contributed by atoms with van der Waals surface area (Å²) < 4.78 is 37.6. The van der Waals surface area contributed by atoms with Crippen molar-refractivity contribution in [2.75, 3.05) is 11.9 Å². The molecular formula is C14H16F3N3O. The molecule has 0 saturated heterocycles. The average Bonchev–Trinajstić information content (AvgIpc) is 3.26. The highest BCUT2D eigenvalue weighted by Gasteiger charge is 2.30. The molecule has 2 rings (SSSR count). The Morgan fingerprint density at radius 1 is 1.38 bits per heavy atom. The highest BCUT2D eigenvalue weighted by Crippen LogP contribution is 2.31. The third kappa shape index (κ3) is 4.77. The first-order valence-corrected chi connectivity index (χ1v) is 6.60. The van der Waals surface area contributed by atoms with Gasteiger partial charge in [0.25, 0.3) is 5.91 Å². The van der Waals surface area contributed by atoms with Gasteiger partial charge in [-0.3, -0.25) is 4.79 Å². The van der Waals surface area contributed by atoms with E-state index in [1.165, 1.54) is 12.1 Å². The largest absolute Gasteiger partial charge is 0.416 e. The van der Waals surface area contributed by atoms with Gasteiger partial charge in [0.05, 0.1) is 12.1 Å². The molecule has 1 amide bonds. The third-order valence-electron chi connectivity index (χ3n) is 3.17. The molecule has 21 heavy (non-hydrogen) atoms. The number of hydrogen-bond donors (Lipinski definition) is 2. The molecule has 2 N–H and O–H groups in total. The number of nitrogens with zero attached hydrogens (tertiary/aromatic N) is 1. The van der Waals surface area contributed by atoms with Crippen molar-refractivity contribution >= 4 is 17.3 Å². The Bertz CT molecular complexity index is 551. The summed E-state index contributed by atoms with van der Waals surface area (Å²) in [5, 5.41) is 6.60. The minimum Gasteiger partial charge on any atom is -0.376 e. The fourth-order valence-electron chi connectivity index (χ4n) is 1.77. The van der Waals surface area contributed by atoms with Crippen molar-refractivity contribution in [2.24, 2.45) is 11.0 Å². The Morgan fingerprint density at radius 3 is 2.71 bits per heavy atom. The summed E-state index contributed by atoms with van der Waals surface area (Å²) in [5.74, 6) is 0.0640. The molecule has 1 aromatic rings. The second-order valence-corrected chi connectivity index (χ2v) is 4.99. The molecule has 1 aliphatic rings. The molecule has 0 aromatic heterocycles. The number of alkyl halides is 3. The summed E-state index contributed by atoms with van der Waals surface area (Å²) in [6.45, 7) is 1.71. The maximum absolute atomic E-state index is 12.5. The number of amides is 1. The smallest absolute Gasteiger partial charge is 0.376 e. The van der Waals surface area contributed by atoms with Gasteiger partial charge in [-0.25, -0.2) is 5.43 Å². The third-order valence-corrected chi connectivity index (χ3v) is 3.17. The minimum atomic E-state index is -4.40. The standard InChI is InChI=1S/C14H16F3N3O/c1-9(10-5-6-10)19-20-13(21)8-18-12-4-2-3-11(7-12)14(15,16)17/h2-4,7,10,18H,5-6,8H2,1H3,(H,20,21). The van der Waals surface area contributed by atoms with Gasteiger partial charge in [-0.15, -0.1) is 0 Å². The monoisotopic (exact) mass is 299 g/mol. The first-order valence-electron chi connectivity index (χ1n) is 6.60. The van der Waals surface area contributed by atoms with Gasteiger partial charge in [-0.1, -0.05) is 6.07 Å². The van der Waals surface area contributed by atoms with E-state index in [0.717, 1.165) is 30.7 Å². The molecule has 0 atom stereocenters. The molecule has 1 aliphatic carbocycles. The molecule has 4 nitrogen and oxygen atoms in total. The van der Waals surface area contributed by atoms with Crippen molar-refractivity contribution in [2.45, 2.75) is 25.9 Å². The molecule has 114 valence electrons. The van der Waals surface area contributed by atoms with Gasteiger partial charge < -0.3 is 5.32 Å². The summed E-state index contributed by atoms with van der Waals surface area (Å²) in [4.78, 5) is 11.5. The van der Waals surface area contributed by atoms with Crippen molar-refractivity contribution in [3.63, 3.8) is 0 Å². The number of nitrogens with one attached hydrogen (secondary N) is 2. The predicted molar refractivity (Wildman–Crippen MR) is 73.9 cm³/mol. The van der Waals surface area contributed by atoms with E-state index in [0.29, 0.717) is 5.92 Å². The Labute approximate surface area is 120 Å². The highest BCUT2D eigenvalue weighted by atomic mass is 19.4. The number of hydrogen-bond acceptors (Lipinski definition) is 3. The van der Waals surface area contributed by atoms with Crippen LogP contribution in [-0.4, -0.2) is 18.2 Å². The van der Waals surface area contributed by atoms with Gasteiger partial charge in [-0.2, -0.15) is 18.3 Å². The Balaban J connectivity index is 1.85. The lowest BCUT2D eigenvalue weighted by Gasteiger charge is -2.10. The molecule has 1 fully saturated rings. The predicted octanol–water partition coefficient (Wildman–Crippen LogP) is 3.02. The average molecular weight is 299 g/mol.